The molecule has 5 nitrogen and oxygen atoms in total. The van der Waals surface area contributed by atoms with Crippen molar-refractivity contribution >= 4 is 11.8 Å². The summed E-state index contributed by atoms with van der Waals surface area (Å²) in [6, 6.07) is -0.277. The summed E-state index contributed by atoms with van der Waals surface area (Å²) in [5, 5.41) is 9.16. The van der Waals surface area contributed by atoms with Gasteiger partial charge < -0.3 is 5.11 Å². The van der Waals surface area contributed by atoms with E-state index in [-0.39, 0.29) is 36.9 Å². The van der Waals surface area contributed by atoms with Gasteiger partial charge in [0.25, 0.3) is 0 Å². The summed E-state index contributed by atoms with van der Waals surface area (Å²) in [5.41, 5.74) is 0. The first kappa shape index (κ1) is 10.6. The molecule has 2 aliphatic rings. The van der Waals surface area contributed by atoms with Gasteiger partial charge in [-0.25, -0.2) is 0 Å². The first-order valence-electron chi connectivity index (χ1n) is 5.32. The van der Waals surface area contributed by atoms with E-state index >= 15 is 0 Å². The summed E-state index contributed by atoms with van der Waals surface area (Å²) in [5.74, 6) is -0.242. The van der Waals surface area contributed by atoms with Crippen LogP contribution in [0.1, 0.15) is 19.3 Å². The Labute approximate surface area is 88.6 Å². The fourth-order valence-electron chi connectivity index (χ4n) is 2.46. The fourth-order valence-corrected chi connectivity index (χ4v) is 2.46. The molecule has 2 heterocycles. The molecule has 2 atom stereocenters. The van der Waals surface area contributed by atoms with Crippen LogP contribution in [0.2, 0.25) is 0 Å². The van der Waals surface area contributed by atoms with Gasteiger partial charge in [-0.15, -0.1) is 0 Å². The Morgan fingerprint density at radius 1 is 1.47 bits per heavy atom. The Morgan fingerprint density at radius 3 is 2.73 bits per heavy atom. The lowest BCUT2D eigenvalue weighted by Gasteiger charge is -2.27. The average molecular weight is 212 g/mol. The number of rotatable bonds is 2. The van der Waals surface area contributed by atoms with E-state index in [2.05, 4.69) is 0 Å². The van der Waals surface area contributed by atoms with E-state index in [0.29, 0.717) is 0 Å². The van der Waals surface area contributed by atoms with Gasteiger partial charge in [0, 0.05) is 13.1 Å². The van der Waals surface area contributed by atoms with Crippen molar-refractivity contribution in [3.63, 3.8) is 0 Å². The lowest BCUT2D eigenvalue weighted by atomic mass is 10.1. The Morgan fingerprint density at radius 2 is 2.20 bits per heavy atom. The molecule has 0 aromatic heterocycles. The molecule has 2 fully saturated rings. The van der Waals surface area contributed by atoms with E-state index in [1.54, 1.807) is 0 Å². The van der Waals surface area contributed by atoms with Gasteiger partial charge in [0.2, 0.25) is 11.8 Å². The minimum Gasteiger partial charge on any atom is -0.395 e. The molecule has 1 N–H and O–H groups in total. The van der Waals surface area contributed by atoms with Crippen LogP contribution < -0.4 is 0 Å². The molecule has 0 aliphatic carbocycles. The Balaban J connectivity index is 2.11. The molecule has 2 amide bonds. The van der Waals surface area contributed by atoms with Gasteiger partial charge in [0.05, 0.1) is 19.1 Å². The molecule has 2 unspecified atom stereocenters. The SMILES string of the molecule is CN1C(=O)CC(N2CCCC2CO)C1=O. The third-order valence-corrected chi connectivity index (χ3v) is 3.39. The van der Waals surface area contributed by atoms with Crippen LogP contribution in [0, 0.1) is 0 Å². The second kappa shape index (κ2) is 3.90. The second-order valence-corrected chi connectivity index (χ2v) is 4.23. The van der Waals surface area contributed by atoms with E-state index in [4.69, 9.17) is 5.11 Å². The van der Waals surface area contributed by atoms with E-state index < -0.39 is 0 Å². The Bertz CT molecular complexity index is 292. The van der Waals surface area contributed by atoms with E-state index in [1.165, 1.54) is 11.9 Å². The van der Waals surface area contributed by atoms with Crippen LogP contribution in [0.15, 0.2) is 0 Å². The molecule has 2 aliphatic heterocycles. The summed E-state index contributed by atoms with van der Waals surface area (Å²) >= 11 is 0. The highest BCUT2D eigenvalue weighted by Gasteiger charge is 2.43. The molecule has 2 saturated heterocycles. The summed E-state index contributed by atoms with van der Waals surface area (Å²) in [7, 11) is 1.52. The molecule has 84 valence electrons. The smallest absolute Gasteiger partial charge is 0.246 e. The van der Waals surface area contributed by atoms with Crippen molar-refractivity contribution in [1.29, 1.82) is 0 Å². The van der Waals surface area contributed by atoms with Gasteiger partial charge in [-0.05, 0) is 19.4 Å². The standard InChI is InChI=1S/C10H16N2O3/c1-11-9(14)5-8(10(11)15)12-4-2-3-7(12)6-13/h7-8,13H,2-6H2,1H3. The maximum atomic E-state index is 11.7. The van der Waals surface area contributed by atoms with Crippen LogP contribution in [0.4, 0.5) is 0 Å². The van der Waals surface area contributed by atoms with Crippen molar-refractivity contribution in [2.24, 2.45) is 0 Å². The average Bonchev–Trinajstić information content (AvgIpc) is 2.78. The minimum atomic E-state index is -0.331. The Kier molecular flexibility index (Phi) is 2.75. The van der Waals surface area contributed by atoms with Gasteiger partial charge in [0.15, 0.2) is 0 Å². The molecule has 5 heteroatoms. The monoisotopic (exact) mass is 212 g/mol. The van der Waals surface area contributed by atoms with Crippen molar-refractivity contribution in [2.75, 3.05) is 20.2 Å². The third-order valence-electron chi connectivity index (χ3n) is 3.39. The number of likely N-dealkylation sites (N-methyl/N-ethyl adjacent to an activating group) is 1. The number of nitrogens with zero attached hydrogens (tertiary/aromatic N) is 2. The van der Waals surface area contributed by atoms with Crippen LogP contribution >= 0.6 is 0 Å². The largest absolute Gasteiger partial charge is 0.395 e. The molecule has 0 aromatic rings. The van der Waals surface area contributed by atoms with E-state index in [9.17, 15) is 9.59 Å². The van der Waals surface area contributed by atoms with E-state index in [1.807, 2.05) is 4.90 Å². The fraction of sp³-hybridized carbons (Fsp3) is 0.800. The summed E-state index contributed by atoms with van der Waals surface area (Å²) in [6.45, 7) is 0.879. The summed E-state index contributed by atoms with van der Waals surface area (Å²) in [6.07, 6.45) is 2.18. The normalized spacial score (nSPS) is 33.1. The predicted molar refractivity (Wildman–Crippen MR) is 53.0 cm³/mol. The van der Waals surface area contributed by atoms with Gasteiger partial charge >= 0.3 is 0 Å². The molecule has 0 radical (unpaired) electrons. The van der Waals surface area contributed by atoms with Crippen LogP contribution in [-0.2, 0) is 9.59 Å². The first-order chi connectivity index (χ1) is 7.15. The number of aliphatic hydroxyl groups excluding tert-OH is 1. The highest BCUT2D eigenvalue weighted by atomic mass is 16.3. The van der Waals surface area contributed by atoms with Gasteiger partial charge in [-0.3, -0.25) is 19.4 Å². The maximum absolute atomic E-state index is 11.7. The number of likely N-dealkylation sites (tertiary alicyclic amines) is 2. The van der Waals surface area contributed by atoms with Crippen LogP contribution in [0.5, 0.6) is 0 Å². The zero-order valence-electron chi connectivity index (χ0n) is 8.85. The van der Waals surface area contributed by atoms with Crippen molar-refractivity contribution in [2.45, 2.75) is 31.3 Å². The highest BCUT2D eigenvalue weighted by Crippen LogP contribution is 2.25. The predicted octanol–water partition coefficient (Wildman–Crippen LogP) is -0.800. The van der Waals surface area contributed by atoms with Crippen molar-refractivity contribution < 1.29 is 14.7 Å². The first-order valence-corrected chi connectivity index (χ1v) is 5.32. The van der Waals surface area contributed by atoms with Crippen molar-refractivity contribution in [3.8, 4) is 0 Å². The van der Waals surface area contributed by atoms with Crippen LogP contribution in [0.3, 0.4) is 0 Å². The molecule has 2 rings (SSSR count). The van der Waals surface area contributed by atoms with Crippen molar-refractivity contribution in [1.82, 2.24) is 9.80 Å². The summed E-state index contributed by atoms with van der Waals surface area (Å²) < 4.78 is 0. The van der Waals surface area contributed by atoms with Crippen molar-refractivity contribution in [3.05, 3.63) is 0 Å². The van der Waals surface area contributed by atoms with Gasteiger partial charge in [-0.2, -0.15) is 0 Å². The number of imide groups is 1. The molecule has 15 heavy (non-hydrogen) atoms. The quantitative estimate of drug-likeness (QED) is 0.609. The zero-order valence-corrected chi connectivity index (χ0v) is 8.85. The lowest BCUT2D eigenvalue weighted by molar-refractivity contribution is -0.138. The van der Waals surface area contributed by atoms with E-state index in [0.717, 1.165) is 19.4 Å². The van der Waals surface area contributed by atoms with Gasteiger partial charge in [-0.1, -0.05) is 0 Å². The molecular weight excluding hydrogens is 196 g/mol. The lowest BCUT2D eigenvalue weighted by Crippen LogP contribution is -2.45. The minimum absolute atomic E-state index is 0.0539. The number of hydrogen-bond acceptors (Lipinski definition) is 4. The topological polar surface area (TPSA) is 60.9 Å². The maximum Gasteiger partial charge on any atom is 0.246 e. The molecule has 0 saturated carbocycles. The Hall–Kier alpha value is -0.940. The summed E-state index contributed by atoms with van der Waals surface area (Å²) in [4.78, 5) is 26.3. The second-order valence-electron chi connectivity index (χ2n) is 4.23. The molecule has 0 spiro atoms. The number of carbonyl (C=O) groups is 2. The number of hydrogen-bond donors (Lipinski definition) is 1. The molecule has 0 bridgehead atoms. The zero-order chi connectivity index (χ0) is 11.0. The number of amides is 2. The number of aliphatic hydroxyl groups is 1. The van der Waals surface area contributed by atoms with Crippen LogP contribution in [0.25, 0.3) is 0 Å². The van der Waals surface area contributed by atoms with Gasteiger partial charge in [0.1, 0.15) is 0 Å². The van der Waals surface area contributed by atoms with Crippen LogP contribution in [-0.4, -0.2) is 59.0 Å². The number of carbonyl (C=O) groups excluding carboxylic acids is 2. The molecular formula is C10H16N2O3. The highest BCUT2D eigenvalue weighted by molar-refractivity contribution is 6.05. The third kappa shape index (κ3) is 1.66. The molecule has 0 aromatic carbocycles.